The zero-order chi connectivity index (χ0) is 18.6. The number of nitrogens with zero attached hydrogens (tertiary/aromatic N) is 5. The average Bonchev–Trinajstić information content (AvgIpc) is 3.28. The van der Waals surface area contributed by atoms with E-state index in [2.05, 4.69) is 55.5 Å². The van der Waals surface area contributed by atoms with Crippen LogP contribution in [0.3, 0.4) is 0 Å². The first-order chi connectivity index (χ1) is 13.2. The SMILES string of the molecule is Cc1nn(CN2CCN(Cc3ccsc3)CC2)c(=S)n1Cc1ccccc1. The molecule has 2 aromatic heterocycles. The lowest BCUT2D eigenvalue weighted by atomic mass is 10.2. The fourth-order valence-electron chi connectivity index (χ4n) is 3.51. The molecule has 1 aromatic carbocycles. The molecule has 1 aliphatic rings. The Bertz CT molecular complexity index is 906. The number of thiophene rings is 1. The Morgan fingerprint density at radius 1 is 0.963 bits per heavy atom. The molecule has 1 aliphatic heterocycles. The largest absolute Gasteiger partial charge is 0.300 e. The topological polar surface area (TPSA) is 29.2 Å². The van der Waals surface area contributed by atoms with Crippen molar-refractivity contribution in [2.75, 3.05) is 26.2 Å². The summed E-state index contributed by atoms with van der Waals surface area (Å²) >= 11 is 7.48. The molecule has 1 saturated heterocycles. The van der Waals surface area contributed by atoms with Gasteiger partial charge in [-0.1, -0.05) is 30.3 Å². The van der Waals surface area contributed by atoms with Crippen LogP contribution in [-0.4, -0.2) is 50.3 Å². The summed E-state index contributed by atoms with van der Waals surface area (Å²) in [6.45, 7) is 8.93. The molecule has 5 nitrogen and oxygen atoms in total. The van der Waals surface area contributed by atoms with Crippen molar-refractivity contribution in [3.05, 3.63) is 68.9 Å². The number of hydrogen-bond donors (Lipinski definition) is 0. The van der Waals surface area contributed by atoms with Gasteiger partial charge in [0, 0.05) is 32.7 Å². The van der Waals surface area contributed by atoms with Crippen molar-refractivity contribution in [1.82, 2.24) is 24.1 Å². The summed E-state index contributed by atoms with van der Waals surface area (Å²) in [4.78, 5) is 4.97. The molecule has 0 atom stereocenters. The van der Waals surface area contributed by atoms with Gasteiger partial charge in [0.2, 0.25) is 0 Å². The van der Waals surface area contributed by atoms with Gasteiger partial charge in [-0.15, -0.1) is 0 Å². The Balaban J connectivity index is 1.36. The highest BCUT2D eigenvalue weighted by atomic mass is 32.1. The number of aromatic nitrogens is 3. The molecular weight excluding hydrogens is 374 g/mol. The van der Waals surface area contributed by atoms with E-state index in [-0.39, 0.29) is 0 Å². The van der Waals surface area contributed by atoms with Gasteiger partial charge in [0.25, 0.3) is 0 Å². The second-order valence-corrected chi connectivity index (χ2v) is 8.21. The van der Waals surface area contributed by atoms with Gasteiger partial charge in [0.05, 0.1) is 13.2 Å². The third kappa shape index (κ3) is 4.55. The third-order valence-corrected chi connectivity index (χ3v) is 6.24. The van der Waals surface area contributed by atoms with Crippen LogP contribution in [0.25, 0.3) is 0 Å². The summed E-state index contributed by atoms with van der Waals surface area (Å²) in [6.07, 6.45) is 0. The molecule has 0 saturated carbocycles. The molecule has 0 aliphatic carbocycles. The van der Waals surface area contributed by atoms with Gasteiger partial charge in [0.15, 0.2) is 4.77 Å². The maximum absolute atomic E-state index is 5.71. The molecule has 27 heavy (non-hydrogen) atoms. The predicted octanol–water partition coefficient (Wildman–Crippen LogP) is 3.61. The first-order valence-electron chi connectivity index (χ1n) is 9.33. The third-order valence-electron chi connectivity index (χ3n) is 5.08. The summed E-state index contributed by atoms with van der Waals surface area (Å²) in [5.41, 5.74) is 2.67. The molecule has 0 unspecified atom stereocenters. The van der Waals surface area contributed by atoms with Crippen LogP contribution in [0.15, 0.2) is 47.2 Å². The fraction of sp³-hybridized carbons (Fsp3) is 0.400. The van der Waals surface area contributed by atoms with E-state index in [1.165, 1.54) is 11.1 Å². The van der Waals surface area contributed by atoms with Crippen LogP contribution in [0.1, 0.15) is 17.0 Å². The molecule has 0 bridgehead atoms. The van der Waals surface area contributed by atoms with Gasteiger partial charge in [0.1, 0.15) is 5.82 Å². The van der Waals surface area contributed by atoms with Crippen LogP contribution in [0.4, 0.5) is 0 Å². The zero-order valence-corrected chi connectivity index (χ0v) is 17.3. The average molecular weight is 400 g/mol. The standard InChI is InChI=1S/C20H25N5S2/c1-17-21-25(20(26)24(17)14-18-5-3-2-4-6-18)16-23-10-8-22(9-11-23)13-19-7-12-27-15-19/h2-7,12,15H,8-11,13-14,16H2,1H3. The predicted molar refractivity (Wildman–Crippen MR) is 113 cm³/mol. The van der Waals surface area contributed by atoms with Crippen molar-refractivity contribution >= 4 is 23.6 Å². The number of rotatable bonds is 6. The smallest absolute Gasteiger partial charge is 0.199 e. The van der Waals surface area contributed by atoms with Crippen molar-refractivity contribution in [2.24, 2.45) is 0 Å². The normalized spacial score (nSPS) is 16.0. The molecular formula is C20H25N5S2. The minimum Gasteiger partial charge on any atom is -0.300 e. The van der Waals surface area contributed by atoms with Crippen molar-refractivity contribution in [2.45, 2.75) is 26.7 Å². The Morgan fingerprint density at radius 2 is 1.70 bits per heavy atom. The van der Waals surface area contributed by atoms with E-state index in [4.69, 9.17) is 17.3 Å². The van der Waals surface area contributed by atoms with Crippen LogP contribution >= 0.6 is 23.6 Å². The molecule has 0 N–H and O–H groups in total. The number of aryl methyl sites for hydroxylation is 1. The molecule has 0 spiro atoms. The van der Waals surface area contributed by atoms with Crippen LogP contribution in [0.2, 0.25) is 0 Å². The second kappa shape index (κ2) is 8.48. The minimum atomic E-state index is 0.772. The van der Waals surface area contributed by atoms with Gasteiger partial charge in [-0.05, 0) is 47.1 Å². The van der Waals surface area contributed by atoms with Crippen molar-refractivity contribution in [3.8, 4) is 0 Å². The van der Waals surface area contributed by atoms with E-state index in [0.29, 0.717) is 0 Å². The highest BCUT2D eigenvalue weighted by molar-refractivity contribution is 7.71. The summed E-state index contributed by atoms with van der Waals surface area (Å²) in [7, 11) is 0. The van der Waals surface area contributed by atoms with Gasteiger partial charge >= 0.3 is 0 Å². The van der Waals surface area contributed by atoms with Crippen LogP contribution in [-0.2, 0) is 19.8 Å². The first-order valence-corrected chi connectivity index (χ1v) is 10.7. The maximum atomic E-state index is 5.71. The van der Waals surface area contributed by atoms with Crippen LogP contribution in [0.5, 0.6) is 0 Å². The molecule has 3 aromatic rings. The lowest BCUT2D eigenvalue weighted by Gasteiger charge is -2.34. The number of hydrogen-bond acceptors (Lipinski definition) is 5. The number of benzene rings is 1. The molecule has 0 amide bonds. The number of piperazine rings is 1. The van der Waals surface area contributed by atoms with Crippen LogP contribution in [0, 0.1) is 11.7 Å². The molecule has 142 valence electrons. The Hall–Kier alpha value is -1.80. The Labute approximate surface area is 169 Å². The quantitative estimate of drug-likeness (QED) is 0.592. The summed E-state index contributed by atoms with van der Waals surface area (Å²) in [6, 6.07) is 12.6. The first kappa shape index (κ1) is 18.6. The fourth-order valence-corrected chi connectivity index (χ4v) is 4.46. The molecule has 1 fully saturated rings. The maximum Gasteiger partial charge on any atom is 0.199 e. The van der Waals surface area contributed by atoms with Crippen molar-refractivity contribution < 1.29 is 0 Å². The molecule has 7 heteroatoms. The Morgan fingerprint density at radius 3 is 2.41 bits per heavy atom. The van der Waals surface area contributed by atoms with Crippen molar-refractivity contribution in [3.63, 3.8) is 0 Å². The molecule has 0 radical (unpaired) electrons. The Kier molecular flexibility index (Phi) is 5.83. The summed E-state index contributed by atoms with van der Waals surface area (Å²) < 4.78 is 4.90. The van der Waals surface area contributed by atoms with Gasteiger partial charge < -0.3 is 0 Å². The van der Waals surface area contributed by atoms with E-state index in [9.17, 15) is 0 Å². The van der Waals surface area contributed by atoms with Gasteiger partial charge in [-0.2, -0.15) is 16.4 Å². The van der Waals surface area contributed by atoms with Gasteiger partial charge in [-0.25, -0.2) is 4.68 Å². The van der Waals surface area contributed by atoms with E-state index in [1.54, 1.807) is 11.3 Å². The van der Waals surface area contributed by atoms with E-state index >= 15 is 0 Å². The minimum absolute atomic E-state index is 0.772. The lowest BCUT2D eigenvalue weighted by molar-refractivity contribution is 0.0980. The zero-order valence-electron chi connectivity index (χ0n) is 15.6. The molecule has 4 rings (SSSR count). The van der Waals surface area contributed by atoms with E-state index in [0.717, 1.165) is 56.5 Å². The monoisotopic (exact) mass is 399 g/mol. The van der Waals surface area contributed by atoms with Gasteiger partial charge in [-0.3, -0.25) is 14.4 Å². The highest BCUT2D eigenvalue weighted by Crippen LogP contribution is 2.13. The van der Waals surface area contributed by atoms with Crippen LogP contribution < -0.4 is 0 Å². The second-order valence-electron chi connectivity index (χ2n) is 7.07. The van der Waals surface area contributed by atoms with E-state index in [1.807, 2.05) is 17.7 Å². The highest BCUT2D eigenvalue weighted by Gasteiger charge is 2.18. The summed E-state index contributed by atoms with van der Waals surface area (Å²) in [5.74, 6) is 0.972. The van der Waals surface area contributed by atoms with E-state index < -0.39 is 0 Å². The lowest BCUT2D eigenvalue weighted by Crippen LogP contribution is -2.46. The summed E-state index contributed by atoms with van der Waals surface area (Å²) in [5, 5.41) is 9.10. The molecule has 3 heterocycles. The van der Waals surface area contributed by atoms with Crippen molar-refractivity contribution in [1.29, 1.82) is 0 Å².